The first kappa shape index (κ1) is 11.6. The number of carboxylic acids is 1. The number of aliphatic carboxylic acids is 1. The molecule has 0 amide bonds. The molecule has 80 valence electrons. The summed E-state index contributed by atoms with van der Waals surface area (Å²) in [5, 5.41) is 8.68. The average Bonchev–Trinajstić information content (AvgIpc) is 2.42. The first-order chi connectivity index (χ1) is 6.70. The van der Waals surface area contributed by atoms with Gasteiger partial charge in [0, 0.05) is 24.4 Å². The van der Waals surface area contributed by atoms with E-state index in [4.69, 9.17) is 5.11 Å². The molecule has 3 nitrogen and oxygen atoms in total. The third kappa shape index (κ3) is 4.15. The summed E-state index contributed by atoms with van der Waals surface area (Å²) in [6, 6.07) is 0. The van der Waals surface area contributed by atoms with E-state index in [0.717, 1.165) is 19.6 Å². The molecule has 4 heteroatoms. The fourth-order valence-electron chi connectivity index (χ4n) is 1.33. The van der Waals surface area contributed by atoms with Crippen LogP contribution in [0.3, 0.4) is 0 Å². The summed E-state index contributed by atoms with van der Waals surface area (Å²) in [4.78, 5) is 12.9. The predicted molar refractivity (Wildman–Crippen MR) is 59.8 cm³/mol. The van der Waals surface area contributed by atoms with Crippen LogP contribution in [0.5, 0.6) is 0 Å². The highest BCUT2D eigenvalue weighted by atomic mass is 32.2. The minimum Gasteiger partial charge on any atom is -0.478 e. The van der Waals surface area contributed by atoms with Crippen molar-refractivity contribution in [3.63, 3.8) is 0 Å². The zero-order valence-electron chi connectivity index (χ0n) is 8.53. The number of rotatable bonds is 3. The highest BCUT2D eigenvalue weighted by Gasteiger charge is 2.08. The number of carbonyl (C=O) groups is 1. The third-order valence-corrected chi connectivity index (χ3v) is 3.36. The topological polar surface area (TPSA) is 40.5 Å². The van der Waals surface area contributed by atoms with Gasteiger partial charge >= 0.3 is 5.97 Å². The minimum atomic E-state index is -0.811. The summed E-state index contributed by atoms with van der Waals surface area (Å²) in [5.74, 6) is 1.59. The molecule has 0 bridgehead atoms. The van der Waals surface area contributed by atoms with Crippen molar-refractivity contribution in [2.24, 2.45) is 0 Å². The highest BCUT2D eigenvalue weighted by Crippen LogP contribution is 2.09. The summed E-state index contributed by atoms with van der Waals surface area (Å²) in [5.41, 5.74) is 0.446. The SMILES string of the molecule is CC(=CCN1CCCSCC1)C(=O)O. The van der Waals surface area contributed by atoms with Gasteiger partial charge in [0.2, 0.25) is 0 Å². The third-order valence-electron chi connectivity index (χ3n) is 2.31. The Balaban J connectivity index is 2.35. The van der Waals surface area contributed by atoms with Gasteiger partial charge in [-0.15, -0.1) is 0 Å². The van der Waals surface area contributed by atoms with Crippen LogP contribution in [0, 0.1) is 0 Å². The molecular formula is C10H17NO2S. The lowest BCUT2D eigenvalue weighted by molar-refractivity contribution is -0.132. The zero-order valence-corrected chi connectivity index (χ0v) is 9.35. The molecule has 0 aliphatic carbocycles. The van der Waals surface area contributed by atoms with Crippen molar-refractivity contribution in [2.45, 2.75) is 13.3 Å². The van der Waals surface area contributed by atoms with Gasteiger partial charge in [0.1, 0.15) is 0 Å². The van der Waals surface area contributed by atoms with E-state index in [2.05, 4.69) is 4.90 Å². The van der Waals surface area contributed by atoms with E-state index in [-0.39, 0.29) is 0 Å². The fourth-order valence-corrected chi connectivity index (χ4v) is 2.26. The zero-order chi connectivity index (χ0) is 10.4. The van der Waals surface area contributed by atoms with Crippen LogP contribution in [0.4, 0.5) is 0 Å². The van der Waals surface area contributed by atoms with Crippen LogP contribution in [0.2, 0.25) is 0 Å². The second-order valence-electron chi connectivity index (χ2n) is 3.46. The van der Waals surface area contributed by atoms with Gasteiger partial charge in [0.05, 0.1) is 0 Å². The van der Waals surface area contributed by atoms with Gasteiger partial charge in [-0.25, -0.2) is 4.79 Å². The molecule has 0 unspecified atom stereocenters. The number of hydrogen-bond donors (Lipinski definition) is 1. The second kappa shape index (κ2) is 6.09. The summed E-state index contributed by atoms with van der Waals surface area (Å²) in [6.45, 7) is 4.60. The van der Waals surface area contributed by atoms with E-state index in [1.807, 2.05) is 11.8 Å². The van der Waals surface area contributed by atoms with Crippen molar-refractivity contribution >= 4 is 17.7 Å². The van der Waals surface area contributed by atoms with E-state index in [1.54, 1.807) is 13.0 Å². The molecule has 1 saturated heterocycles. The van der Waals surface area contributed by atoms with Gasteiger partial charge in [-0.05, 0) is 25.6 Å². The molecule has 1 rings (SSSR count). The highest BCUT2D eigenvalue weighted by molar-refractivity contribution is 7.99. The second-order valence-corrected chi connectivity index (χ2v) is 4.68. The molecule has 0 radical (unpaired) electrons. The lowest BCUT2D eigenvalue weighted by Gasteiger charge is -2.16. The Bertz CT molecular complexity index is 220. The molecule has 0 aromatic carbocycles. The Hall–Kier alpha value is -0.480. The van der Waals surface area contributed by atoms with Crippen molar-refractivity contribution in [3.8, 4) is 0 Å². The summed E-state index contributed by atoms with van der Waals surface area (Å²) < 4.78 is 0. The standard InChI is InChI=1S/C10H17NO2S/c1-9(10(12)13)3-5-11-4-2-7-14-8-6-11/h3H,2,4-8H2,1H3,(H,12,13). The van der Waals surface area contributed by atoms with E-state index in [0.29, 0.717) is 5.57 Å². The normalized spacial score (nSPS) is 20.5. The van der Waals surface area contributed by atoms with Gasteiger partial charge in [0.25, 0.3) is 0 Å². The van der Waals surface area contributed by atoms with Crippen molar-refractivity contribution < 1.29 is 9.90 Å². The first-order valence-electron chi connectivity index (χ1n) is 4.90. The van der Waals surface area contributed by atoms with Crippen molar-refractivity contribution in [2.75, 3.05) is 31.1 Å². The summed E-state index contributed by atoms with van der Waals surface area (Å²) >= 11 is 1.98. The minimum absolute atomic E-state index is 0.446. The quantitative estimate of drug-likeness (QED) is 0.724. The number of thioether (sulfide) groups is 1. The first-order valence-corrected chi connectivity index (χ1v) is 6.06. The smallest absolute Gasteiger partial charge is 0.330 e. The van der Waals surface area contributed by atoms with Crippen molar-refractivity contribution in [1.29, 1.82) is 0 Å². The molecule has 1 aliphatic heterocycles. The van der Waals surface area contributed by atoms with Crippen molar-refractivity contribution in [1.82, 2.24) is 4.90 Å². The number of hydrogen-bond acceptors (Lipinski definition) is 3. The van der Waals surface area contributed by atoms with Gasteiger partial charge in [0.15, 0.2) is 0 Å². The molecule has 1 heterocycles. The van der Waals surface area contributed by atoms with Gasteiger partial charge in [-0.2, -0.15) is 11.8 Å². The maximum absolute atomic E-state index is 10.5. The molecule has 1 N–H and O–H groups in total. The van der Waals surface area contributed by atoms with Crippen LogP contribution >= 0.6 is 11.8 Å². The van der Waals surface area contributed by atoms with E-state index in [9.17, 15) is 4.79 Å². The van der Waals surface area contributed by atoms with E-state index >= 15 is 0 Å². The molecule has 0 atom stereocenters. The largest absolute Gasteiger partial charge is 0.478 e. The van der Waals surface area contributed by atoms with E-state index in [1.165, 1.54) is 17.9 Å². The van der Waals surface area contributed by atoms with Gasteiger partial charge in [-0.3, -0.25) is 4.90 Å². The maximum Gasteiger partial charge on any atom is 0.330 e. The number of nitrogens with zero attached hydrogens (tertiary/aromatic N) is 1. The Morgan fingerprint density at radius 3 is 3.00 bits per heavy atom. The van der Waals surface area contributed by atoms with Crippen molar-refractivity contribution in [3.05, 3.63) is 11.6 Å². The Morgan fingerprint density at radius 2 is 2.29 bits per heavy atom. The molecule has 0 saturated carbocycles. The fraction of sp³-hybridized carbons (Fsp3) is 0.700. The van der Waals surface area contributed by atoms with Crippen LogP contribution in [-0.4, -0.2) is 47.1 Å². The van der Waals surface area contributed by atoms with Crippen LogP contribution in [0.1, 0.15) is 13.3 Å². The Labute approximate surface area is 89.2 Å². The van der Waals surface area contributed by atoms with Gasteiger partial charge < -0.3 is 5.11 Å². The van der Waals surface area contributed by atoms with Crippen LogP contribution in [-0.2, 0) is 4.79 Å². The predicted octanol–water partition coefficient (Wildman–Crippen LogP) is 1.46. The maximum atomic E-state index is 10.5. The Morgan fingerprint density at radius 1 is 1.50 bits per heavy atom. The van der Waals surface area contributed by atoms with Gasteiger partial charge in [-0.1, -0.05) is 6.08 Å². The molecule has 0 aromatic rings. The summed E-state index contributed by atoms with van der Waals surface area (Å²) in [7, 11) is 0. The summed E-state index contributed by atoms with van der Waals surface area (Å²) in [6.07, 6.45) is 3.02. The molecule has 1 aliphatic rings. The monoisotopic (exact) mass is 215 g/mol. The lowest BCUT2D eigenvalue weighted by Crippen LogP contribution is -2.26. The molecule has 0 spiro atoms. The average molecular weight is 215 g/mol. The van der Waals surface area contributed by atoms with E-state index < -0.39 is 5.97 Å². The molecule has 0 aromatic heterocycles. The van der Waals surface area contributed by atoms with Crippen LogP contribution in [0.25, 0.3) is 0 Å². The van der Waals surface area contributed by atoms with Crippen LogP contribution < -0.4 is 0 Å². The molecular weight excluding hydrogens is 198 g/mol. The lowest BCUT2D eigenvalue weighted by atomic mass is 10.2. The number of carboxylic acid groups (broad SMARTS) is 1. The molecule has 14 heavy (non-hydrogen) atoms. The molecule has 1 fully saturated rings. The van der Waals surface area contributed by atoms with Crippen LogP contribution in [0.15, 0.2) is 11.6 Å². The Kier molecular flexibility index (Phi) is 5.04.